The Balaban J connectivity index is 1.82. The van der Waals surface area contributed by atoms with Crippen molar-refractivity contribution in [3.63, 3.8) is 0 Å². The predicted molar refractivity (Wildman–Crippen MR) is 67.9 cm³/mol. The Morgan fingerprint density at radius 3 is 2.35 bits per heavy atom. The third kappa shape index (κ3) is 2.75. The van der Waals surface area contributed by atoms with Crippen molar-refractivity contribution >= 4 is 6.09 Å². The van der Waals surface area contributed by atoms with Crippen LogP contribution in [0.25, 0.3) is 0 Å². The van der Waals surface area contributed by atoms with Gasteiger partial charge in [0.2, 0.25) is 0 Å². The SMILES string of the molecule is CCC1CC12CCN(C(=O)OC(C)(C)C)CC2. The number of likely N-dealkylation sites (tertiary alicyclic amines) is 1. The Bertz CT molecular complexity index is 298. The lowest BCUT2D eigenvalue weighted by atomic mass is 9.90. The van der Waals surface area contributed by atoms with Crippen molar-refractivity contribution in [2.75, 3.05) is 13.1 Å². The Morgan fingerprint density at radius 1 is 1.35 bits per heavy atom. The van der Waals surface area contributed by atoms with Gasteiger partial charge in [0, 0.05) is 13.1 Å². The predicted octanol–water partition coefficient (Wildman–Crippen LogP) is 3.43. The molecule has 0 aromatic carbocycles. The van der Waals surface area contributed by atoms with Crippen LogP contribution in [0.15, 0.2) is 0 Å². The zero-order valence-electron chi connectivity index (χ0n) is 11.6. The lowest BCUT2D eigenvalue weighted by Crippen LogP contribution is -2.42. The molecule has 17 heavy (non-hydrogen) atoms. The number of ether oxygens (including phenoxy) is 1. The van der Waals surface area contributed by atoms with E-state index in [4.69, 9.17) is 4.74 Å². The Hall–Kier alpha value is -0.730. The van der Waals surface area contributed by atoms with Crippen LogP contribution in [0.4, 0.5) is 4.79 Å². The molecule has 1 atom stereocenters. The third-order valence-electron chi connectivity index (χ3n) is 4.26. The summed E-state index contributed by atoms with van der Waals surface area (Å²) in [6, 6.07) is 0. The summed E-state index contributed by atoms with van der Waals surface area (Å²) in [6.45, 7) is 9.80. The molecule has 3 heteroatoms. The standard InChI is InChI=1S/C14H25NO2/c1-5-11-10-14(11)6-8-15(9-7-14)12(16)17-13(2,3)4/h11H,5-10H2,1-4H3. The second-order valence-corrected chi connectivity index (χ2v) is 6.64. The monoisotopic (exact) mass is 239 g/mol. The van der Waals surface area contributed by atoms with Crippen LogP contribution in [0.5, 0.6) is 0 Å². The molecule has 1 heterocycles. The fourth-order valence-electron chi connectivity index (χ4n) is 3.08. The highest BCUT2D eigenvalue weighted by Gasteiger charge is 2.53. The normalized spacial score (nSPS) is 27.1. The highest BCUT2D eigenvalue weighted by Crippen LogP contribution is 2.60. The van der Waals surface area contributed by atoms with Gasteiger partial charge in [-0.3, -0.25) is 0 Å². The van der Waals surface area contributed by atoms with E-state index in [9.17, 15) is 4.79 Å². The average molecular weight is 239 g/mol. The molecule has 1 spiro atoms. The molecule has 2 rings (SSSR count). The van der Waals surface area contributed by atoms with Gasteiger partial charge in [-0.2, -0.15) is 0 Å². The van der Waals surface area contributed by atoms with Crippen LogP contribution in [-0.2, 0) is 4.74 Å². The summed E-state index contributed by atoms with van der Waals surface area (Å²) in [5.41, 5.74) is 0.213. The summed E-state index contributed by atoms with van der Waals surface area (Å²) in [5.74, 6) is 0.920. The molecule has 0 radical (unpaired) electrons. The first-order valence-corrected chi connectivity index (χ1v) is 6.84. The van der Waals surface area contributed by atoms with Gasteiger partial charge in [0.1, 0.15) is 5.60 Å². The van der Waals surface area contributed by atoms with Crippen LogP contribution in [-0.4, -0.2) is 29.7 Å². The van der Waals surface area contributed by atoms with E-state index in [0.29, 0.717) is 5.41 Å². The first kappa shape index (κ1) is 12.7. The van der Waals surface area contributed by atoms with E-state index in [0.717, 1.165) is 19.0 Å². The molecular weight excluding hydrogens is 214 g/mol. The maximum absolute atomic E-state index is 11.9. The fraction of sp³-hybridized carbons (Fsp3) is 0.929. The van der Waals surface area contributed by atoms with Crippen molar-refractivity contribution in [3.05, 3.63) is 0 Å². The zero-order valence-corrected chi connectivity index (χ0v) is 11.6. The number of rotatable bonds is 1. The van der Waals surface area contributed by atoms with Crippen LogP contribution >= 0.6 is 0 Å². The van der Waals surface area contributed by atoms with E-state index in [-0.39, 0.29) is 11.7 Å². The van der Waals surface area contributed by atoms with Crippen molar-refractivity contribution in [2.45, 2.75) is 59.0 Å². The van der Waals surface area contributed by atoms with E-state index in [2.05, 4.69) is 6.92 Å². The van der Waals surface area contributed by atoms with Gasteiger partial charge in [0.05, 0.1) is 0 Å². The van der Waals surface area contributed by atoms with E-state index < -0.39 is 0 Å². The van der Waals surface area contributed by atoms with Gasteiger partial charge < -0.3 is 9.64 Å². The van der Waals surface area contributed by atoms with Gasteiger partial charge in [-0.15, -0.1) is 0 Å². The number of amides is 1. The van der Waals surface area contributed by atoms with Crippen LogP contribution in [0.2, 0.25) is 0 Å². The summed E-state index contributed by atoms with van der Waals surface area (Å²) in [5, 5.41) is 0. The molecule has 1 unspecified atom stereocenters. The van der Waals surface area contributed by atoms with Gasteiger partial charge in [-0.05, 0) is 51.4 Å². The third-order valence-corrected chi connectivity index (χ3v) is 4.26. The van der Waals surface area contributed by atoms with Gasteiger partial charge >= 0.3 is 6.09 Å². The quantitative estimate of drug-likeness (QED) is 0.701. The second kappa shape index (κ2) is 4.18. The lowest BCUT2D eigenvalue weighted by molar-refractivity contribution is 0.0165. The summed E-state index contributed by atoms with van der Waals surface area (Å²) < 4.78 is 5.41. The molecule has 98 valence electrons. The summed E-state index contributed by atoms with van der Waals surface area (Å²) >= 11 is 0. The van der Waals surface area contributed by atoms with Crippen molar-refractivity contribution in [1.29, 1.82) is 0 Å². The fourth-order valence-corrected chi connectivity index (χ4v) is 3.08. The number of hydrogen-bond acceptors (Lipinski definition) is 2. The summed E-state index contributed by atoms with van der Waals surface area (Å²) in [6.07, 6.45) is 4.88. The Morgan fingerprint density at radius 2 is 1.94 bits per heavy atom. The maximum atomic E-state index is 11.9. The molecule has 2 fully saturated rings. The minimum Gasteiger partial charge on any atom is -0.444 e. The topological polar surface area (TPSA) is 29.5 Å². The van der Waals surface area contributed by atoms with Gasteiger partial charge in [0.15, 0.2) is 0 Å². The van der Waals surface area contributed by atoms with Crippen molar-refractivity contribution in [2.24, 2.45) is 11.3 Å². The first-order chi connectivity index (χ1) is 7.86. The smallest absolute Gasteiger partial charge is 0.410 e. The van der Waals surface area contributed by atoms with Crippen molar-refractivity contribution < 1.29 is 9.53 Å². The van der Waals surface area contributed by atoms with Crippen LogP contribution in [0.1, 0.15) is 53.4 Å². The van der Waals surface area contributed by atoms with Crippen LogP contribution in [0.3, 0.4) is 0 Å². The van der Waals surface area contributed by atoms with Gasteiger partial charge in [-0.1, -0.05) is 13.3 Å². The molecule has 0 aromatic heterocycles. The van der Waals surface area contributed by atoms with Crippen LogP contribution in [0, 0.1) is 11.3 Å². The highest BCUT2D eigenvalue weighted by atomic mass is 16.6. The van der Waals surface area contributed by atoms with Crippen molar-refractivity contribution in [1.82, 2.24) is 4.90 Å². The largest absolute Gasteiger partial charge is 0.444 e. The second-order valence-electron chi connectivity index (χ2n) is 6.64. The average Bonchev–Trinajstić information content (AvgIpc) is 2.90. The van der Waals surface area contributed by atoms with Crippen LogP contribution < -0.4 is 0 Å². The zero-order chi connectivity index (χ0) is 12.7. The molecule has 3 nitrogen and oxygen atoms in total. The summed E-state index contributed by atoms with van der Waals surface area (Å²) in [4.78, 5) is 13.8. The molecule has 1 aliphatic heterocycles. The van der Waals surface area contributed by atoms with E-state index in [1.165, 1.54) is 25.7 Å². The minimum absolute atomic E-state index is 0.138. The number of carbonyl (C=O) groups is 1. The molecular formula is C14H25NO2. The molecule has 1 saturated carbocycles. The minimum atomic E-state index is -0.377. The Labute approximate surface area is 105 Å². The molecule has 1 aliphatic carbocycles. The number of carbonyl (C=O) groups excluding carboxylic acids is 1. The maximum Gasteiger partial charge on any atom is 0.410 e. The number of nitrogens with zero attached hydrogens (tertiary/aromatic N) is 1. The molecule has 0 aromatic rings. The van der Waals surface area contributed by atoms with E-state index in [1.807, 2.05) is 25.7 Å². The lowest BCUT2D eigenvalue weighted by Gasteiger charge is -2.34. The highest BCUT2D eigenvalue weighted by molar-refractivity contribution is 5.68. The summed E-state index contributed by atoms with van der Waals surface area (Å²) in [7, 11) is 0. The van der Waals surface area contributed by atoms with E-state index >= 15 is 0 Å². The van der Waals surface area contributed by atoms with Gasteiger partial charge in [0.25, 0.3) is 0 Å². The number of hydrogen-bond donors (Lipinski definition) is 0. The van der Waals surface area contributed by atoms with Gasteiger partial charge in [-0.25, -0.2) is 4.79 Å². The van der Waals surface area contributed by atoms with E-state index in [1.54, 1.807) is 0 Å². The molecule has 0 N–H and O–H groups in total. The van der Waals surface area contributed by atoms with Crippen molar-refractivity contribution in [3.8, 4) is 0 Å². The molecule has 1 amide bonds. The number of piperidine rings is 1. The first-order valence-electron chi connectivity index (χ1n) is 6.84. The molecule has 2 aliphatic rings. The Kier molecular flexibility index (Phi) is 3.13. The molecule has 1 saturated heterocycles. The molecule has 0 bridgehead atoms.